The normalized spacial score (nSPS) is 15.4. The topological polar surface area (TPSA) is 17.1 Å². The van der Waals surface area contributed by atoms with Crippen LogP contribution in [0.3, 0.4) is 0 Å². The van der Waals surface area contributed by atoms with Crippen molar-refractivity contribution in [2.45, 2.75) is 46.5 Å². The number of ketones is 1. The zero-order valence-corrected chi connectivity index (χ0v) is 9.97. The van der Waals surface area contributed by atoms with E-state index in [1.165, 1.54) is 11.1 Å². The molecule has 0 aromatic carbocycles. The number of carbonyl (C=O) groups excluding carboxylic acids is 1. The Hall–Kier alpha value is -1.11. The fraction of sp³-hybridized carbons (Fsp3) is 0.500. The maximum absolute atomic E-state index is 11.1. The maximum atomic E-state index is 11.1. The van der Waals surface area contributed by atoms with E-state index >= 15 is 0 Å². The van der Waals surface area contributed by atoms with Gasteiger partial charge < -0.3 is 0 Å². The summed E-state index contributed by atoms with van der Waals surface area (Å²) in [6, 6.07) is 0. The third-order valence-corrected chi connectivity index (χ3v) is 2.69. The van der Waals surface area contributed by atoms with Gasteiger partial charge in [0, 0.05) is 0 Å². The first kappa shape index (κ1) is 12.0. The summed E-state index contributed by atoms with van der Waals surface area (Å²) in [7, 11) is 0. The molecule has 0 N–H and O–H groups in total. The van der Waals surface area contributed by atoms with Crippen molar-refractivity contribution in [2.24, 2.45) is 0 Å². The van der Waals surface area contributed by atoms with E-state index in [-0.39, 0.29) is 5.78 Å². The van der Waals surface area contributed by atoms with E-state index in [9.17, 15) is 4.79 Å². The minimum absolute atomic E-state index is 0.217. The third kappa shape index (κ3) is 4.28. The Balaban J connectivity index is 2.37. The largest absolute Gasteiger partial charge is 0.295 e. The molecular formula is C14H20O. The number of allylic oxidation sites excluding steroid dienone is 6. The predicted molar refractivity (Wildman–Crippen MR) is 64.7 cm³/mol. The van der Waals surface area contributed by atoms with Gasteiger partial charge in [-0.3, -0.25) is 4.79 Å². The van der Waals surface area contributed by atoms with Gasteiger partial charge in [-0.15, -0.1) is 0 Å². The molecule has 0 bridgehead atoms. The Bertz CT molecular complexity index is 325. The van der Waals surface area contributed by atoms with E-state index in [4.69, 9.17) is 0 Å². The number of carbonyl (C=O) groups is 1. The van der Waals surface area contributed by atoms with Gasteiger partial charge in [-0.25, -0.2) is 0 Å². The van der Waals surface area contributed by atoms with Crippen molar-refractivity contribution in [1.82, 2.24) is 0 Å². The van der Waals surface area contributed by atoms with Gasteiger partial charge in [0.1, 0.15) is 0 Å². The summed E-state index contributed by atoms with van der Waals surface area (Å²) >= 11 is 0. The van der Waals surface area contributed by atoms with Crippen molar-refractivity contribution in [3.63, 3.8) is 0 Å². The van der Waals surface area contributed by atoms with E-state index in [0.29, 0.717) is 0 Å². The fourth-order valence-corrected chi connectivity index (χ4v) is 1.71. The van der Waals surface area contributed by atoms with Gasteiger partial charge in [0.25, 0.3) is 0 Å². The molecule has 1 aliphatic rings. The standard InChI is InChI=1S/C14H20O/c1-11(2)5-4-6-13-7-9-14(10-8-13)12(3)15/h5,7,10H,4,6,8-9H2,1-3H3. The molecule has 0 aliphatic heterocycles. The summed E-state index contributed by atoms with van der Waals surface area (Å²) in [4.78, 5) is 11.1. The second kappa shape index (κ2) is 5.69. The van der Waals surface area contributed by atoms with Gasteiger partial charge in [0.05, 0.1) is 0 Å². The van der Waals surface area contributed by atoms with Crippen molar-refractivity contribution in [3.8, 4) is 0 Å². The van der Waals surface area contributed by atoms with Gasteiger partial charge in [0.2, 0.25) is 0 Å². The van der Waals surface area contributed by atoms with Crippen LogP contribution in [0.1, 0.15) is 46.5 Å². The zero-order chi connectivity index (χ0) is 11.3. The first-order valence-electron chi connectivity index (χ1n) is 5.61. The van der Waals surface area contributed by atoms with Crippen LogP contribution in [0.25, 0.3) is 0 Å². The van der Waals surface area contributed by atoms with Crippen molar-refractivity contribution in [3.05, 3.63) is 34.9 Å². The van der Waals surface area contributed by atoms with Crippen LogP contribution in [-0.4, -0.2) is 5.78 Å². The Morgan fingerprint density at radius 1 is 1.27 bits per heavy atom. The van der Waals surface area contributed by atoms with E-state index in [1.54, 1.807) is 6.92 Å². The van der Waals surface area contributed by atoms with Crippen LogP contribution in [-0.2, 0) is 4.79 Å². The highest BCUT2D eigenvalue weighted by molar-refractivity contribution is 5.93. The quantitative estimate of drug-likeness (QED) is 0.633. The van der Waals surface area contributed by atoms with Crippen LogP contribution in [0.15, 0.2) is 34.9 Å². The van der Waals surface area contributed by atoms with Crippen molar-refractivity contribution >= 4 is 5.78 Å². The highest BCUT2D eigenvalue weighted by Gasteiger charge is 2.07. The van der Waals surface area contributed by atoms with Crippen LogP contribution in [0.4, 0.5) is 0 Å². The lowest BCUT2D eigenvalue weighted by molar-refractivity contribution is -0.113. The molecule has 15 heavy (non-hydrogen) atoms. The summed E-state index contributed by atoms with van der Waals surface area (Å²) in [6.07, 6.45) is 10.6. The number of Topliss-reactive ketones (excluding diaryl/α,β-unsaturated/α-hetero) is 1. The van der Waals surface area contributed by atoms with E-state index in [2.05, 4.69) is 32.1 Å². The molecule has 0 radical (unpaired) electrons. The molecule has 82 valence electrons. The molecule has 1 heteroatoms. The molecule has 1 rings (SSSR count). The summed E-state index contributed by atoms with van der Waals surface area (Å²) in [6.45, 7) is 5.90. The second-order valence-corrected chi connectivity index (χ2v) is 4.38. The molecule has 0 amide bonds. The molecule has 0 spiro atoms. The first-order valence-corrected chi connectivity index (χ1v) is 5.61. The van der Waals surface area contributed by atoms with E-state index in [0.717, 1.165) is 31.3 Å². The predicted octanol–water partition coefficient (Wildman–Crippen LogP) is 3.97. The number of hydrogen-bond donors (Lipinski definition) is 0. The van der Waals surface area contributed by atoms with Gasteiger partial charge in [-0.05, 0) is 52.0 Å². The van der Waals surface area contributed by atoms with Crippen molar-refractivity contribution in [1.29, 1.82) is 0 Å². The average molecular weight is 204 g/mol. The summed E-state index contributed by atoms with van der Waals surface area (Å²) < 4.78 is 0. The minimum Gasteiger partial charge on any atom is -0.295 e. The van der Waals surface area contributed by atoms with Gasteiger partial charge in [0.15, 0.2) is 5.78 Å². The third-order valence-electron chi connectivity index (χ3n) is 2.69. The second-order valence-electron chi connectivity index (χ2n) is 4.38. The van der Waals surface area contributed by atoms with E-state index in [1.807, 2.05) is 0 Å². The number of rotatable bonds is 4. The molecule has 1 nitrogen and oxygen atoms in total. The molecule has 0 heterocycles. The molecule has 0 saturated heterocycles. The summed E-state index contributed by atoms with van der Waals surface area (Å²) in [5.74, 6) is 0.217. The monoisotopic (exact) mass is 204 g/mol. The fourth-order valence-electron chi connectivity index (χ4n) is 1.71. The first-order chi connectivity index (χ1) is 7.09. The number of hydrogen-bond acceptors (Lipinski definition) is 1. The average Bonchev–Trinajstić information content (AvgIpc) is 2.18. The van der Waals surface area contributed by atoms with Crippen LogP contribution in [0.2, 0.25) is 0 Å². The van der Waals surface area contributed by atoms with Crippen LogP contribution in [0.5, 0.6) is 0 Å². The van der Waals surface area contributed by atoms with Gasteiger partial charge >= 0.3 is 0 Å². The minimum atomic E-state index is 0.217. The highest BCUT2D eigenvalue weighted by atomic mass is 16.1. The molecule has 0 aromatic rings. The molecule has 0 aromatic heterocycles. The lowest BCUT2D eigenvalue weighted by Crippen LogP contribution is -2.00. The van der Waals surface area contributed by atoms with Crippen molar-refractivity contribution < 1.29 is 4.79 Å². The molecular weight excluding hydrogens is 184 g/mol. The van der Waals surface area contributed by atoms with E-state index < -0.39 is 0 Å². The summed E-state index contributed by atoms with van der Waals surface area (Å²) in [5.41, 5.74) is 3.82. The Kier molecular flexibility index (Phi) is 4.54. The summed E-state index contributed by atoms with van der Waals surface area (Å²) in [5, 5.41) is 0. The Morgan fingerprint density at radius 3 is 2.47 bits per heavy atom. The smallest absolute Gasteiger partial charge is 0.155 e. The Morgan fingerprint density at radius 2 is 2.00 bits per heavy atom. The van der Waals surface area contributed by atoms with Crippen LogP contribution >= 0.6 is 0 Å². The SMILES string of the molecule is CC(=O)C1=CCC(CCC=C(C)C)=CC1. The molecule has 0 fully saturated rings. The maximum Gasteiger partial charge on any atom is 0.155 e. The van der Waals surface area contributed by atoms with Crippen molar-refractivity contribution in [2.75, 3.05) is 0 Å². The molecule has 0 saturated carbocycles. The molecule has 0 unspecified atom stereocenters. The van der Waals surface area contributed by atoms with Gasteiger partial charge in [-0.2, -0.15) is 0 Å². The zero-order valence-electron chi connectivity index (χ0n) is 9.97. The Labute approximate surface area is 92.6 Å². The lowest BCUT2D eigenvalue weighted by atomic mass is 9.94. The highest BCUT2D eigenvalue weighted by Crippen LogP contribution is 2.21. The van der Waals surface area contributed by atoms with Crippen LogP contribution in [0, 0.1) is 0 Å². The lowest BCUT2D eigenvalue weighted by Gasteiger charge is -2.11. The molecule has 0 atom stereocenters. The van der Waals surface area contributed by atoms with Gasteiger partial charge in [-0.1, -0.05) is 29.4 Å². The molecule has 1 aliphatic carbocycles. The van der Waals surface area contributed by atoms with Crippen LogP contribution < -0.4 is 0 Å².